The fourth-order valence-corrected chi connectivity index (χ4v) is 17.0. The third kappa shape index (κ3) is 23.7. The second-order valence-corrected chi connectivity index (χ2v) is 31.7. The minimum Gasteiger partial charge on any atom is -0.495 e. The maximum absolute atomic E-state index is 13.0. The lowest BCUT2D eigenvalue weighted by Crippen LogP contribution is -2.48. The van der Waals surface area contributed by atoms with Gasteiger partial charge in [-0.25, -0.2) is 0 Å². The second-order valence-electron chi connectivity index (χ2n) is 30.4. The molecule has 23 heteroatoms. The number of nitro groups is 3. The number of fused-ring (bicyclic) bond motifs is 3. The zero-order valence-corrected chi connectivity index (χ0v) is 68.5. The van der Waals surface area contributed by atoms with Gasteiger partial charge in [-0.05, 0) is 178 Å². The summed E-state index contributed by atoms with van der Waals surface area (Å²) in [7, 11) is 1.71. The number of aliphatic imine (C=N–C) groups is 1. The summed E-state index contributed by atoms with van der Waals surface area (Å²) in [6.07, 6.45) is 15.5. The van der Waals surface area contributed by atoms with Gasteiger partial charge in [0.05, 0.1) is 44.9 Å². The topological polar surface area (TPSA) is 210 Å². The summed E-state index contributed by atoms with van der Waals surface area (Å²) in [6.45, 7) is 32.0. The molecule has 0 N–H and O–H groups in total. The van der Waals surface area contributed by atoms with Crippen molar-refractivity contribution in [1.29, 1.82) is 0 Å². The predicted molar refractivity (Wildman–Crippen MR) is 474 cm³/mol. The van der Waals surface area contributed by atoms with E-state index in [1.54, 1.807) is 49.8 Å². The Bertz CT molecular complexity index is 4930. The van der Waals surface area contributed by atoms with Crippen molar-refractivity contribution < 1.29 is 23.9 Å². The normalized spacial score (nSPS) is 17.7. The van der Waals surface area contributed by atoms with Gasteiger partial charge in [0.1, 0.15) is 11.3 Å². The second kappa shape index (κ2) is 41.8. The Morgan fingerprint density at radius 2 is 1.04 bits per heavy atom. The SMILES string of the molecule is CCN(CC)c1ccc(C=Nc2ccccc2)cc1.COc1ccccc1N1CCN(Cc2coc3c(C)cc(C)cc3c2=O)CC1.Cc1ccc(CN2CCN(c3ccc([N+](=O)[O-])cc3)CC2)s1.O=[N+]([O-])c1ccc(N2CCN(C/C=C/c3ccccc3)CC2)cc1.O=[N+]([O-])c1ccc(N2CCN(CC3CC4C=CC3C4)CC2)cc1. The van der Waals surface area contributed by atoms with Crippen LogP contribution in [0.4, 0.5) is 51.2 Å². The number of para-hydroxylation sites is 3. The number of hydrogen-bond acceptors (Lipinski definition) is 20. The van der Waals surface area contributed by atoms with Crippen molar-refractivity contribution in [2.75, 3.05) is 163 Å². The van der Waals surface area contributed by atoms with E-state index in [9.17, 15) is 35.1 Å². The van der Waals surface area contributed by atoms with E-state index in [-0.39, 0.29) is 37.3 Å². The number of ether oxygens (including phenoxy) is 1. The first-order valence-corrected chi connectivity index (χ1v) is 41.4. The van der Waals surface area contributed by atoms with Gasteiger partial charge in [0, 0.05) is 225 Å². The quantitative estimate of drug-likeness (QED) is 0.0267. The van der Waals surface area contributed by atoms with Crippen LogP contribution in [-0.2, 0) is 13.1 Å². The Hall–Kier alpha value is -11.3. The number of benzene rings is 8. The van der Waals surface area contributed by atoms with E-state index < -0.39 is 0 Å². The smallest absolute Gasteiger partial charge is 0.269 e. The van der Waals surface area contributed by atoms with Gasteiger partial charge in [-0.15, -0.1) is 11.3 Å². The lowest BCUT2D eigenvalue weighted by molar-refractivity contribution is -0.385. The Balaban J connectivity index is 0.000000134. The van der Waals surface area contributed by atoms with Crippen LogP contribution in [0.15, 0.2) is 245 Å². The molecule has 16 rings (SSSR count). The van der Waals surface area contributed by atoms with Crippen LogP contribution >= 0.6 is 11.3 Å². The largest absolute Gasteiger partial charge is 0.495 e. The van der Waals surface area contributed by atoms with Gasteiger partial charge in [-0.3, -0.25) is 59.7 Å². The molecule has 3 unspecified atom stereocenters. The van der Waals surface area contributed by atoms with Gasteiger partial charge in [0.2, 0.25) is 0 Å². The Morgan fingerprint density at radius 3 is 1.54 bits per heavy atom. The number of non-ortho nitro benzene ring substituents is 3. The van der Waals surface area contributed by atoms with Crippen LogP contribution in [0, 0.1) is 68.9 Å². The number of nitrogens with zero attached hydrogens (tertiary/aromatic N) is 13. The average molecular weight is 1590 g/mol. The van der Waals surface area contributed by atoms with E-state index in [0.29, 0.717) is 17.5 Å². The fraction of sp³-hybridized carbons (Fsp3) is 0.355. The molecule has 4 aliphatic heterocycles. The predicted octanol–water partition coefficient (Wildman–Crippen LogP) is 17.7. The molecule has 3 atom stereocenters. The maximum atomic E-state index is 13.0. The van der Waals surface area contributed by atoms with Crippen LogP contribution in [-0.4, -0.2) is 179 Å². The molecule has 2 aliphatic carbocycles. The highest BCUT2D eigenvalue weighted by Crippen LogP contribution is 2.44. The number of hydrogen-bond donors (Lipinski definition) is 0. The van der Waals surface area contributed by atoms with Crippen LogP contribution in [0.25, 0.3) is 17.0 Å². The van der Waals surface area contributed by atoms with Crippen molar-refractivity contribution in [1.82, 2.24) is 19.6 Å². The van der Waals surface area contributed by atoms with Gasteiger partial charge >= 0.3 is 0 Å². The molecular weight excluding hydrogens is 1480 g/mol. The Morgan fingerprint density at radius 1 is 0.534 bits per heavy atom. The van der Waals surface area contributed by atoms with Crippen molar-refractivity contribution in [3.63, 3.8) is 0 Å². The summed E-state index contributed by atoms with van der Waals surface area (Å²) < 4.78 is 11.3. The molecule has 0 amide bonds. The molecule has 2 bridgehead atoms. The van der Waals surface area contributed by atoms with E-state index >= 15 is 0 Å². The van der Waals surface area contributed by atoms with E-state index in [0.717, 1.165) is 205 Å². The van der Waals surface area contributed by atoms with Crippen molar-refractivity contribution in [2.24, 2.45) is 22.7 Å². The number of anilines is 5. The molecule has 8 aromatic carbocycles. The molecule has 116 heavy (non-hydrogen) atoms. The van der Waals surface area contributed by atoms with Gasteiger partial charge in [-0.1, -0.05) is 103 Å². The molecule has 6 heterocycles. The minimum atomic E-state index is -0.360. The number of piperazine rings is 4. The van der Waals surface area contributed by atoms with Gasteiger partial charge < -0.3 is 33.7 Å². The molecule has 2 aromatic heterocycles. The monoisotopic (exact) mass is 1580 g/mol. The van der Waals surface area contributed by atoms with Crippen molar-refractivity contribution in [3.8, 4) is 5.75 Å². The highest BCUT2D eigenvalue weighted by atomic mass is 32.1. The zero-order chi connectivity index (χ0) is 81.3. The number of methoxy groups -OCH3 is 1. The summed E-state index contributed by atoms with van der Waals surface area (Å²) >= 11 is 1.86. The number of thiophene rings is 1. The lowest BCUT2D eigenvalue weighted by Gasteiger charge is -2.38. The fourth-order valence-electron chi connectivity index (χ4n) is 16.1. The minimum absolute atomic E-state index is 0.0835. The van der Waals surface area contributed by atoms with Crippen molar-refractivity contribution >= 4 is 85.8 Å². The molecule has 5 fully saturated rings. The summed E-state index contributed by atoms with van der Waals surface area (Å²) in [5.74, 6) is 3.44. The zero-order valence-electron chi connectivity index (χ0n) is 67.7. The Labute approximate surface area is 685 Å². The van der Waals surface area contributed by atoms with Crippen LogP contribution < -0.4 is 34.7 Å². The number of aryl methyl sites for hydroxylation is 3. The maximum Gasteiger partial charge on any atom is 0.269 e. The first kappa shape index (κ1) is 84.1. The number of nitro benzene ring substituents is 3. The summed E-state index contributed by atoms with van der Waals surface area (Å²) in [5, 5.41) is 32.8. The molecular formula is C93H109N13O9S. The third-order valence-corrected chi connectivity index (χ3v) is 23.5. The molecule has 0 radical (unpaired) electrons. The molecule has 10 aromatic rings. The van der Waals surface area contributed by atoms with Crippen LogP contribution in [0.3, 0.4) is 0 Å². The molecule has 0 spiro atoms. The average Bonchev–Trinajstić information content (AvgIpc) is 1.76. The van der Waals surface area contributed by atoms with E-state index in [1.165, 1.54) is 40.4 Å². The van der Waals surface area contributed by atoms with Crippen molar-refractivity contribution in [3.05, 3.63) is 309 Å². The molecule has 606 valence electrons. The highest BCUT2D eigenvalue weighted by molar-refractivity contribution is 7.11. The summed E-state index contributed by atoms with van der Waals surface area (Å²) in [4.78, 5) is 72.6. The van der Waals surface area contributed by atoms with Gasteiger partial charge in [0.15, 0.2) is 5.43 Å². The molecule has 1 saturated carbocycles. The number of allylic oxidation sites excluding steroid dienone is 2. The lowest BCUT2D eigenvalue weighted by atomic mass is 9.93. The van der Waals surface area contributed by atoms with Gasteiger partial charge in [-0.2, -0.15) is 0 Å². The van der Waals surface area contributed by atoms with Crippen LogP contribution in [0.2, 0.25) is 0 Å². The summed E-state index contributed by atoms with van der Waals surface area (Å²) in [6, 6.07) is 65.9. The molecule has 22 nitrogen and oxygen atoms in total. The molecule has 4 saturated heterocycles. The van der Waals surface area contributed by atoms with E-state index in [2.05, 4.69) is 149 Å². The van der Waals surface area contributed by atoms with Crippen molar-refractivity contribution in [2.45, 2.75) is 60.5 Å². The number of rotatable bonds is 22. The first-order valence-electron chi connectivity index (χ1n) is 40.6. The highest BCUT2D eigenvalue weighted by Gasteiger charge is 2.37. The van der Waals surface area contributed by atoms with Crippen LogP contribution in [0.1, 0.15) is 64.3 Å². The first-order chi connectivity index (χ1) is 56.4. The summed E-state index contributed by atoms with van der Waals surface area (Å²) in [5.41, 5.74) is 13.0. The standard InChI is InChI=1S/C23H26N2O3.C19H21N3O2.C18H23N3O2.C17H20N2.C16H19N3O2S/c1-16-12-17(2)23-19(13-16)22(26)18(15-28-23)14-24-8-10-25(11-9-24)20-6-4-5-7-21(20)27-3;23-22(24)19-10-8-18(9-11-19)21-15-13-20(14-16-21)12-4-7-17-5-2-1-3-6-17;22-21(23)18-5-3-17(4-6-18)20-9-7-19(8-10-20)13-16-12-14-1-2-15(16)11-14;1-3-19(4-2)17-12-10-15(11-13-17)14-18-16-8-6-5-7-9-16;1-13-2-7-16(22-13)12-17-8-10-18(11-9-17)14-3-5-15(6-4-14)19(20)21/h4-7,12-13,15H,8-11,14H2,1-3H3;1-11H,12-16H2;1-6,14-16H,7-13H2;5-14H,3-4H2,1-2H3;2-7H,8-12H2,1H3/b;7-4+;;;. The van der Waals surface area contributed by atoms with E-state index in [4.69, 9.17) is 9.15 Å². The third-order valence-electron chi connectivity index (χ3n) is 22.6. The van der Waals surface area contributed by atoms with Crippen LogP contribution in [0.5, 0.6) is 5.75 Å². The van der Waals surface area contributed by atoms with E-state index in [1.807, 2.05) is 147 Å². The Kier molecular flexibility index (Phi) is 30.3. The molecule has 6 aliphatic rings. The van der Waals surface area contributed by atoms with Gasteiger partial charge in [0.25, 0.3) is 17.1 Å².